The van der Waals surface area contributed by atoms with Crippen LogP contribution in [0.2, 0.25) is 0 Å². The van der Waals surface area contributed by atoms with Gasteiger partial charge in [0.15, 0.2) is 0 Å². The Morgan fingerprint density at radius 1 is 1.50 bits per heavy atom. The molecule has 0 bridgehead atoms. The average Bonchev–Trinajstić information content (AvgIpc) is 2.29. The second kappa shape index (κ2) is 6.75. The number of thioether (sulfide) groups is 1. The molecule has 1 aliphatic rings. The Morgan fingerprint density at radius 3 is 2.75 bits per heavy atom. The van der Waals surface area contributed by atoms with Crippen molar-refractivity contribution < 1.29 is 14.3 Å². The number of carbonyl (C=O) groups excluding carboxylic acids is 2. The first-order chi connectivity index (χ1) is 7.67. The van der Waals surface area contributed by atoms with Gasteiger partial charge in [-0.05, 0) is 31.5 Å². The molecule has 0 aromatic rings. The first kappa shape index (κ1) is 13.3. The summed E-state index contributed by atoms with van der Waals surface area (Å²) in [6.45, 7) is 2.87. The van der Waals surface area contributed by atoms with Gasteiger partial charge in [0.2, 0.25) is 5.91 Å². The van der Waals surface area contributed by atoms with Crippen LogP contribution in [0.3, 0.4) is 0 Å². The van der Waals surface area contributed by atoms with Crippen molar-refractivity contribution in [2.24, 2.45) is 0 Å². The zero-order valence-electron chi connectivity index (χ0n) is 9.62. The summed E-state index contributed by atoms with van der Waals surface area (Å²) in [7, 11) is 1.63. The smallest absolute Gasteiger partial charge is 0.367 e. The van der Waals surface area contributed by atoms with Crippen LogP contribution in [0.15, 0.2) is 0 Å². The lowest BCUT2D eigenvalue weighted by Crippen LogP contribution is -2.49. The molecule has 16 heavy (non-hydrogen) atoms. The van der Waals surface area contributed by atoms with E-state index in [2.05, 4.69) is 10.6 Å². The molecular formula is C10H18N2O3S. The van der Waals surface area contributed by atoms with Gasteiger partial charge in [0, 0.05) is 18.8 Å². The van der Waals surface area contributed by atoms with Crippen molar-refractivity contribution >= 4 is 23.0 Å². The summed E-state index contributed by atoms with van der Waals surface area (Å²) in [5, 5.41) is 5.72. The summed E-state index contributed by atoms with van der Waals surface area (Å²) in [6.07, 6.45) is 1.62. The van der Waals surface area contributed by atoms with Gasteiger partial charge in [-0.25, -0.2) is 4.79 Å². The Balaban J connectivity index is 2.26. The summed E-state index contributed by atoms with van der Waals surface area (Å²) >= 11 is 1.21. The van der Waals surface area contributed by atoms with Crippen molar-refractivity contribution in [1.82, 2.24) is 10.6 Å². The second-order valence-corrected chi connectivity index (χ2v) is 4.81. The quantitative estimate of drug-likeness (QED) is 0.719. The van der Waals surface area contributed by atoms with Gasteiger partial charge in [-0.3, -0.25) is 4.79 Å². The van der Waals surface area contributed by atoms with Gasteiger partial charge in [-0.15, -0.1) is 0 Å². The van der Waals surface area contributed by atoms with Crippen molar-refractivity contribution in [3.8, 4) is 0 Å². The van der Waals surface area contributed by atoms with Gasteiger partial charge in [-0.2, -0.15) is 0 Å². The monoisotopic (exact) mass is 246 g/mol. The molecule has 1 saturated heterocycles. The highest BCUT2D eigenvalue weighted by molar-refractivity contribution is 8.13. The molecule has 2 atom stereocenters. The third-order valence-electron chi connectivity index (χ3n) is 2.46. The fourth-order valence-corrected chi connectivity index (χ4v) is 2.51. The van der Waals surface area contributed by atoms with E-state index in [4.69, 9.17) is 4.74 Å². The average molecular weight is 246 g/mol. The first-order valence-corrected chi connectivity index (χ1v) is 6.33. The number of hydrogen-bond donors (Lipinski definition) is 2. The van der Waals surface area contributed by atoms with Crippen LogP contribution in [0.25, 0.3) is 0 Å². The van der Waals surface area contributed by atoms with Crippen LogP contribution in [0.5, 0.6) is 0 Å². The number of carbonyl (C=O) groups is 2. The molecule has 5 nitrogen and oxygen atoms in total. The normalized spacial score (nSPS) is 24.9. The molecule has 1 amide bonds. The molecule has 1 heterocycles. The van der Waals surface area contributed by atoms with Gasteiger partial charge in [-0.1, -0.05) is 0 Å². The molecular weight excluding hydrogens is 228 g/mol. The minimum atomic E-state index is -0.229. The standard InChI is InChI=1S/C10H18N2O3S/c1-3-15-10(14)16-7-4-5-8(12-6-7)9(13)11-2/h7-8,12H,3-6H2,1-2H3,(H,11,13). The van der Waals surface area contributed by atoms with Gasteiger partial charge < -0.3 is 15.4 Å². The zero-order chi connectivity index (χ0) is 12.0. The topological polar surface area (TPSA) is 67.4 Å². The molecule has 1 aliphatic heterocycles. The highest BCUT2D eigenvalue weighted by atomic mass is 32.2. The highest BCUT2D eigenvalue weighted by Gasteiger charge is 2.26. The number of likely N-dealkylation sites (N-methyl/N-ethyl adjacent to an activating group) is 1. The molecule has 2 N–H and O–H groups in total. The van der Waals surface area contributed by atoms with E-state index in [0.29, 0.717) is 13.2 Å². The number of amides is 1. The molecule has 1 fully saturated rings. The van der Waals surface area contributed by atoms with Crippen LogP contribution in [-0.4, -0.2) is 42.7 Å². The Hall–Kier alpha value is -0.750. The number of nitrogens with one attached hydrogen (secondary N) is 2. The van der Waals surface area contributed by atoms with Gasteiger partial charge in [0.25, 0.3) is 0 Å². The van der Waals surface area contributed by atoms with E-state index >= 15 is 0 Å². The van der Waals surface area contributed by atoms with E-state index in [1.165, 1.54) is 11.8 Å². The lowest BCUT2D eigenvalue weighted by Gasteiger charge is -2.27. The third kappa shape index (κ3) is 4.02. The van der Waals surface area contributed by atoms with E-state index in [0.717, 1.165) is 12.8 Å². The number of rotatable bonds is 3. The summed E-state index contributed by atoms with van der Waals surface area (Å²) in [5.74, 6) is 0.0135. The molecule has 2 unspecified atom stereocenters. The first-order valence-electron chi connectivity index (χ1n) is 5.45. The zero-order valence-corrected chi connectivity index (χ0v) is 10.4. The lowest BCUT2D eigenvalue weighted by atomic mass is 10.0. The third-order valence-corrected chi connectivity index (χ3v) is 3.50. The van der Waals surface area contributed by atoms with Crippen LogP contribution >= 0.6 is 11.8 Å². The van der Waals surface area contributed by atoms with E-state index in [1.54, 1.807) is 14.0 Å². The van der Waals surface area contributed by atoms with E-state index in [1.807, 2.05) is 0 Å². The van der Waals surface area contributed by atoms with Gasteiger partial charge >= 0.3 is 5.30 Å². The maximum absolute atomic E-state index is 11.3. The van der Waals surface area contributed by atoms with E-state index in [-0.39, 0.29) is 22.5 Å². The molecule has 6 heteroatoms. The predicted octanol–water partition coefficient (Wildman–Crippen LogP) is 0.743. The molecule has 92 valence electrons. The van der Waals surface area contributed by atoms with Crippen LogP contribution < -0.4 is 10.6 Å². The lowest BCUT2D eigenvalue weighted by molar-refractivity contribution is -0.123. The second-order valence-electron chi connectivity index (χ2n) is 3.58. The van der Waals surface area contributed by atoms with Crippen LogP contribution in [0.4, 0.5) is 4.79 Å². The minimum absolute atomic E-state index is 0.0135. The number of ether oxygens (including phenoxy) is 1. The molecule has 0 radical (unpaired) electrons. The fraction of sp³-hybridized carbons (Fsp3) is 0.800. The Kier molecular flexibility index (Phi) is 5.62. The highest BCUT2D eigenvalue weighted by Crippen LogP contribution is 2.22. The van der Waals surface area contributed by atoms with Crippen molar-refractivity contribution in [3.05, 3.63) is 0 Å². The largest absolute Gasteiger partial charge is 0.458 e. The summed E-state index contributed by atoms with van der Waals surface area (Å²) in [4.78, 5) is 22.5. The maximum atomic E-state index is 11.3. The molecule has 0 aromatic heterocycles. The molecule has 0 aromatic carbocycles. The number of hydrogen-bond acceptors (Lipinski definition) is 5. The van der Waals surface area contributed by atoms with Crippen LogP contribution in [0.1, 0.15) is 19.8 Å². The minimum Gasteiger partial charge on any atom is -0.458 e. The summed E-state index contributed by atoms with van der Waals surface area (Å²) < 4.78 is 4.86. The summed E-state index contributed by atoms with van der Waals surface area (Å²) in [5.41, 5.74) is 0. The molecule has 0 aliphatic carbocycles. The Morgan fingerprint density at radius 2 is 2.25 bits per heavy atom. The van der Waals surface area contributed by atoms with Crippen molar-refractivity contribution in [2.45, 2.75) is 31.1 Å². The maximum Gasteiger partial charge on any atom is 0.367 e. The van der Waals surface area contributed by atoms with Crippen LogP contribution in [0, 0.1) is 0 Å². The van der Waals surface area contributed by atoms with Crippen molar-refractivity contribution in [3.63, 3.8) is 0 Å². The fourth-order valence-electron chi connectivity index (χ4n) is 1.62. The summed E-state index contributed by atoms with van der Waals surface area (Å²) in [6, 6.07) is -0.121. The number of piperidine rings is 1. The Bertz CT molecular complexity index is 252. The van der Waals surface area contributed by atoms with E-state index in [9.17, 15) is 9.59 Å². The molecule has 0 spiro atoms. The van der Waals surface area contributed by atoms with Gasteiger partial charge in [0.1, 0.15) is 0 Å². The molecule has 1 rings (SSSR count). The Labute approximate surface area is 99.7 Å². The van der Waals surface area contributed by atoms with Crippen molar-refractivity contribution in [1.29, 1.82) is 0 Å². The van der Waals surface area contributed by atoms with Crippen molar-refractivity contribution in [2.75, 3.05) is 20.2 Å². The van der Waals surface area contributed by atoms with Gasteiger partial charge in [0.05, 0.1) is 12.6 Å². The predicted molar refractivity (Wildman–Crippen MR) is 63.5 cm³/mol. The van der Waals surface area contributed by atoms with Crippen LogP contribution in [-0.2, 0) is 9.53 Å². The SMILES string of the molecule is CCOC(=O)SC1CCC(C(=O)NC)NC1. The molecule has 0 saturated carbocycles. The van der Waals surface area contributed by atoms with E-state index < -0.39 is 0 Å².